The van der Waals surface area contributed by atoms with Gasteiger partial charge in [0.15, 0.2) is 0 Å². The molecule has 63 heavy (non-hydrogen) atoms. The van der Waals surface area contributed by atoms with Crippen LogP contribution >= 0.6 is 23.2 Å². The van der Waals surface area contributed by atoms with E-state index in [1.165, 1.54) is 0 Å². The number of hydrogen-bond acceptors (Lipinski definition) is 16. The van der Waals surface area contributed by atoms with Crippen molar-refractivity contribution < 1.29 is 19.5 Å². The number of likely N-dealkylation sites (tertiary alicyclic amines) is 2. The number of nitrogens with zero attached hydrogens (tertiary/aromatic N) is 13. The van der Waals surface area contributed by atoms with Gasteiger partial charge in [-0.05, 0) is 49.9 Å². The molecular formula is C42H53Cl2N15O4. The summed E-state index contributed by atoms with van der Waals surface area (Å²) < 4.78 is 0. The van der Waals surface area contributed by atoms with E-state index in [1.807, 2.05) is 20.8 Å². The lowest BCUT2D eigenvalue weighted by Crippen LogP contribution is -2.49. The van der Waals surface area contributed by atoms with Gasteiger partial charge in [0, 0.05) is 123 Å². The van der Waals surface area contributed by atoms with Gasteiger partial charge < -0.3 is 50.0 Å². The molecule has 0 aliphatic carbocycles. The van der Waals surface area contributed by atoms with Crippen LogP contribution in [0.15, 0.2) is 49.1 Å². The van der Waals surface area contributed by atoms with E-state index in [0.29, 0.717) is 83.2 Å². The molecule has 0 radical (unpaired) electrons. The van der Waals surface area contributed by atoms with Crippen LogP contribution in [0.1, 0.15) is 46.4 Å². The molecule has 9 heterocycles. The second-order valence-electron chi connectivity index (χ2n) is 15.9. The minimum atomic E-state index is 0.00138. The van der Waals surface area contributed by atoms with Gasteiger partial charge in [0.05, 0.1) is 34.3 Å². The highest BCUT2D eigenvalue weighted by Gasteiger charge is 2.27. The minimum Gasteiger partial charge on any atom is -0.395 e. The fraction of sp³-hybridized carbons (Fsp3) is 0.500. The Hall–Kier alpha value is -5.79. The lowest BCUT2D eigenvalue weighted by atomic mass is 10.2. The maximum atomic E-state index is 12.6. The van der Waals surface area contributed by atoms with E-state index >= 15 is 0 Å². The number of carbonyl (C=O) groups excluding carboxylic acids is 3. The molecule has 0 saturated carbocycles. The first-order chi connectivity index (χ1) is 30.7. The van der Waals surface area contributed by atoms with Crippen molar-refractivity contribution in [1.29, 1.82) is 0 Å². The summed E-state index contributed by atoms with van der Waals surface area (Å²) in [5.41, 5.74) is 1.09. The number of nitrogens with one attached hydrogen (secondary N) is 2. The molecule has 4 aromatic rings. The lowest BCUT2D eigenvalue weighted by molar-refractivity contribution is -0.120. The van der Waals surface area contributed by atoms with Crippen LogP contribution in [0, 0.1) is 0 Å². The topological polar surface area (TPSA) is 196 Å². The largest absolute Gasteiger partial charge is 0.395 e. The van der Waals surface area contributed by atoms with Crippen LogP contribution in [0.5, 0.6) is 0 Å². The van der Waals surface area contributed by atoms with Crippen molar-refractivity contribution >= 4 is 76.1 Å². The zero-order valence-corrected chi connectivity index (χ0v) is 36.7. The van der Waals surface area contributed by atoms with Crippen LogP contribution in [0.2, 0.25) is 10.0 Å². The average molecular weight is 903 g/mol. The molecule has 0 spiro atoms. The standard InChI is InChI=1S/C22H27ClN8O2.C20H26ClN7O2/c23-17-13-16(21(33)29-6-1-2-7-29)14-26-20(17)28-9-11-30(12-10-28)22-25-4-3-18(27-22)31-8-5-24-19(32)15-31;21-16-13-15(19(30)27-6-1-2-7-27)14-24-18(16)26-8-10-28(11-9-26)20-23-4-3-17(25-20)22-5-12-29/h3-4,13-14H,1-2,5-12,15H2,(H,24,32);3-4,13-14,29H,1-2,5-12H2,(H,22,23,25). The highest BCUT2D eigenvalue weighted by molar-refractivity contribution is 6.33. The third-order valence-electron chi connectivity index (χ3n) is 11.7. The average Bonchev–Trinajstić information content (AvgIpc) is 4.08. The Bertz CT molecular complexity index is 2230. The molecule has 4 aromatic heterocycles. The summed E-state index contributed by atoms with van der Waals surface area (Å²) in [6.45, 7) is 11.2. The van der Waals surface area contributed by atoms with Crippen LogP contribution in [0.4, 0.5) is 35.2 Å². The molecular weight excluding hydrogens is 849 g/mol. The van der Waals surface area contributed by atoms with Crippen LogP contribution in [0.3, 0.4) is 0 Å². The first kappa shape index (κ1) is 43.8. The summed E-state index contributed by atoms with van der Waals surface area (Å²) >= 11 is 13.0. The quantitative estimate of drug-likeness (QED) is 0.210. The van der Waals surface area contributed by atoms with E-state index in [0.717, 1.165) is 103 Å². The van der Waals surface area contributed by atoms with Gasteiger partial charge in [-0.2, -0.15) is 9.97 Å². The Morgan fingerprint density at radius 1 is 0.635 bits per heavy atom. The highest BCUT2D eigenvalue weighted by Crippen LogP contribution is 2.29. The fourth-order valence-corrected chi connectivity index (χ4v) is 8.86. The summed E-state index contributed by atoms with van der Waals surface area (Å²) in [5, 5.41) is 15.8. The summed E-state index contributed by atoms with van der Waals surface area (Å²) in [5.74, 6) is 4.18. The van der Waals surface area contributed by atoms with Crippen molar-refractivity contribution in [2.24, 2.45) is 0 Å². The van der Waals surface area contributed by atoms with Gasteiger partial charge in [0.2, 0.25) is 17.8 Å². The first-order valence-corrected chi connectivity index (χ1v) is 22.4. The first-order valence-electron chi connectivity index (χ1n) is 21.7. The van der Waals surface area contributed by atoms with Gasteiger partial charge in [0.1, 0.15) is 23.3 Å². The van der Waals surface area contributed by atoms with Gasteiger partial charge in [-0.3, -0.25) is 14.4 Å². The summed E-state index contributed by atoms with van der Waals surface area (Å²) in [4.78, 5) is 78.1. The van der Waals surface area contributed by atoms with Gasteiger partial charge in [-0.15, -0.1) is 0 Å². The fourth-order valence-electron chi connectivity index (χ4n) is 8.29. The molecule has 3 N–H and O–H groups in total. The number of anilines is 6. The smallest absolute Gasteiger partial charge is 0.255 e. The van der Waals surface area contributed by atoms with E-state index in [1.54, 1.807) is 43.0 Å². The van der Waals surface area contributed by atoms with Gasteiger partial charge in [-0.25, -0.2) is 19.9 Å². The predicted molar refractivity (Wildman–Crippen MR) is 242 cm³/mol. The minimum absolute atomic E-state index is 0.00138. The maximum Gasteiger partial charge on any atom is 0.255 e. The van der Waals surface area contributed by atoms with Crippen molar-refractivity contribution in [3.05, 3.63) is 70.2 Å². The Morgan fingerprint density at radius 3 is 1.62 bits per heavy atom. The normalized spacial score (nSPS) is 18.0. The van der Waals surface area contributed by atoms with Crippen molar-refractivity contribution in [2.75, 3.05) is 141 Å². The molecule has 0 bridgehead atoms. The van der Waals surface area contributed by atoms with E-state index < -0.39 is 0 Å². The van der Waals surface area contributed by atoms with E-state index in [4.69, 9.17) is 33.3 Å². The third kappa shape index (κ3) is 10.7. The third-order valence-corrected chi connectivity index (χ3v) is 12.3. The molecule has 21 heteroatoms. The van der Waals surface area contributed by atoms with E-state index in [9.17, 15) is 14.4 Å². The Balaban J connectivity index is 0.000000174. The highest BCUT2D eigenvalue weighted by atomic mass is 35.5. The predicted octanol–water partition coefficient (Wildman–Crippen LogP) is 2.52. The number of aliphatic hydroxyl groups excluding tert-OH is 1. The zero-order valence-electron chi connectivity index (χ0n) is 35.2. The van der Waals surface area contributed by atoms with E-state index in [2.05, 4.69) is 55.2 Å². The summed E-state index contributed by atoms with van der Waals surface area (Å²) in [6, 6.07) is 7.09. The van der Waals surface area contributed by atoms with Crippen molar-refractivity contribution in [2.45, 2.75) is 25.7 Å². The van der Waals surface area contributed by atoms with E-state index in [-0.39, 0.29) is 24.3 Å². The molecule has 19 nitrogen and oxygen atoms in total. The molecule has 5 fully saturated rings. The van der Waals surface area contributed by atoms with Crippen LogP contribution in [-0.2, 0) is 4.79 Å². The number of hydrogen-bond donors (Lipinski definition) is 3. The molecule has 5 aliphatic rings. The summed E-state index contributed by atoms with van der Waals surface area (Å²) in [6.07, 6.45) is 10.9. The SMILES string of the molecule is O=C(c1cnc(N2CCN(c3nccc(NCCO)n3)CC2)c(Cl)c1)N1CCCC1.O=C1CN(c2ccnc(N3CCN(c4ncc(C(=O)N5CCCC5)cc4Cl)CC3)n2)CCN1. The number of carbonyl (C=O) groups is 3. The molecule has 334 valence electrons. The molecule has 5 aliphatic heterocycles. The number of amides is 3. The molecule has 3 amide bonds. The second-order valence-corrected chi connectivity index (χ2v) is 16.7. The molecule has 5 saturated heterocycles. The molecule has 0 aromatic carbocycles. The van der Waals surface area contributed by atoms with Crippen molar-refractivity contribution in [3.63, 3.8) is 0 Å². The van der Waals surface area contributed by atoms with Gasteiger partial charge in [0.25, 0.3) is 11.8 Å². The lowest BCUT2D eigenvalue weighted by Gasteiger charge is -2.36. The zero-order chi connectivity index (χ0) is 43.7. The summed E-state index contributed by atoms with van der Waals surface area (Å²) in [7, 11) is 0. The second kappa shape index (κ2) is 20.6. The maximum absolute atomic E-state index is 12.6. The van der Waals surface area contributed by atoms with Crippen LogP contribution in [-0.4, -0.2) is 174 Å². The number of halogens is 2. The number of aliphatic hydroxyl groups is 1. The van der Waals surface area contributed by atoms with Gasteiger partial charge >= 0.3 is 0 Å². The van der Waals surface area contributed by atoms with Crippen molar-refractivity contribution in [3.8, 4) is 0 Å². The molecule has 9 rings (SSSR count). The monoisotopic (exact) mass is 901 g/mol. The van der Waals surface area contributed by atoms with Crippen LogP contribution < -0.4 is 35.1 Å². The Labute approximate surface area is 376 Å². The molecule has 0 unspecified atom stereocenters. The number of rotatable bonds is 10. The van der Waals surface area contributed by atoms with Gasteiger partial charge in [-0.1, -0.05) is 23.2 Å². The Morgan fingerprint density at radius 2 is 1.13 bits per heavy atom. The molecule has 0 atom stereocenters. The van der Waals surface area contributed by atoms with Crippen molar-refractivity contribution in [1.82, 2.24) is 45.0 Å². The number of pyridine rings is 2. The Kier molecular flexibility index (Phi) is 14.3. The number of piperazine rings is 3. The number of aromatic nitrogens is 6. The van der Waals surface area contributed by atoms with Crippen LogP contribution in [0.25, 0.3) is 0 Å².